The molecule has 2 aliphatic carbocycles. The lowest BCUT2D eigenvalue weighted by molar-refractivity contribution is 0.0542. The highest BCUT2D eigenvalue weighted by atomic mass is 14.4. The maximum Gasteiger partial charge on any atom is -0.0332 e. The quantitative estimate of drug-likeness (QED) is 0.566. The van der Waals surface area contributed by atoms with Crippen LogP contribution < -0.4 is 0 Å². The van der Waals surface area contributed by atoms with Gasteiger partial charge >= 0.3 is 0 Å². The van der Waals surface area contributed by atoms with Gasteiger partial charge in [0.15, 0.2) is 0 Å². The van der Waals surface area contributed by atoms with Gasteiger partial charge in [-0.05, 0) is 23.7 Å². The molecule has 4 unspecified atom stereocenters. The molecule has 76 valence electrons. The monoisotopic (exact) mass is 180 g/mol. The highest BCUT2D eigenvalue weighted by molar-refractivity contribution is 4.87. The zero-order valence-corrected chi connectivity index (χ0v) is 9.26. The normalized spacial score (nSPS) is 45.7. The lowest BCUT2D eigenvalue weighted by Crippen LogP contribution is -2.35. The summed E-state index contributed by atoms with van der Waals surface area (Å²) in [6.07, 6.45) is 10.6. The van der Waals surface area contributed by atoms with Crippen LogP contribution in [0, 0.1) is 23.7 Å². The molecular formula is C13H24. The van der Waals surface area contributed by atoms with Crippen molar-refractivity contribution in [2.75, 3.05) is 0 Å². The van der Waals surface area contributed by atoms with E-state index >= 15 is 0 Å². The highest BCUT2D eigenvalue weighted by Crippen LogP contribution is 2.47. The molecule has 0 aromatic carbocycles. The van der Waals surface area contributed by atoms with Gasteiger partial charge in [0.2, 0.25) is 0 Å². The van der Waals surface area contributed by atoms with Gasteiger partial charge in [0, 0.05) is 0 Å². The third-order valence-electron chi connectivity index (χ3n) is 4.65. The van der Waals surface area contributed by atoms with Gasteiger partial charge in [-0.25, -0.2) is 0 Å². The standard InChI is InChI=1S/C13H24/c1-3-11-7-5-9-12-8-4-6-10(2)13(11)12/h10-13H,3-9H2,1-2H3. The molecule has 4 atom stereocenters. The molecule has 0 spiro atoms. The molecule has 0 aromatic rings. The Balaban J connectivity index is 2.07. The topological polar surface area (TPSA) is 0 Å². The minimum Gasteiger partial charge on any atom is -0.0651 e. The van der Waals surface area contributed by atoms with Crippen molar-refractivity contribution in [1.29, 1.82) is 0 Å². The molecule has 0 N–H and O–H groups in total. The Morgan fingerprint density at radius 1 is 1.00 bits per heavy atom. The Bertz CT molecular complexity index is 153. The third kappa shape index (κ3) is 1.78. The summed E-state index contributed by atoms with van der Waals surface area (Å²) in [6, 6.07) is 0. The first-order chi connectivity index (χ1) is 6.33. The summed E-state index contributed by atoms with van der Waals surface area (Å²) in [5.74, 6) is 4.33. The number of hydrogen-bond donors (Lipinski definition) is 0. The van der Waals surface area contributed by atoms with Crippen molar-refractivity contribution in [3.05, 3.63) is 0 Å². The van der Waals surface area contributed by atoms with Crippen LogP contribution in [-0.2, 0) is 0 Å². The van der Waals surface area contributed by atoms with Crippen molar-refractivity contribution in [3.8, 4) is 0 Å². The molecule has 2 rings (SSSR count). The van der Waals surface area contributed by atoms with Gasteiger partial charge < -0.3 is 0 Å². The van der Waals surface area contributed by atoms with Gasteiger partial charge in [0.25, 0.3) is 0 Å². The summed E-state index contributed by atoms with van der Waals surface area (Å²) in [7, 11) is 0. The SMILES string of the molecule is CCC1CCCC2CCCC(C)C12. The van der Waals surface area contributed by atoms with E-state index in [0.717, 1.165) is 23.7 Å². The van der Waals surface area contributed by atoms with Crippen molar-refractivity contribution >= 4 is 0 Å². The van der Waals surface area contributed by atoms with E-state index in [1.165, 1.54) is 32.1 Å². The second kappa shape index (κ2) is 4.02. The van der Waals surface area contributed by atoms with Crippen LogP contribution in [0.15, 0.2) is 0 Å². The van der Waals surface area contributed by atoms with Crippen LogP contribution in [0.25, 0.3) is 0 Å². The smallest absolute Gasteiger partial charge is 0.0332 e. The summed E-state index contributed by atoms with van der Waals surface area (Å²) in [4.78, 5) is 0. The molecule has 0 aromatic heterocycles. The molecular weight excluding hydrogens is 156 g/mol. The fourth-order valence-corrected chi connectivity index (χ4v) is 4.05. The minimum absolute atomic E-state index is 1.03. The first-order valence-corrected chi connectivity index (χ1v) is 6.33. The van der Waals surface area contributed by atoms with Crippen LogP contribution in [-0.4, -0.2) is 0 Å². The van der Waals surface area contributed by atoms with Crippen molar-refractivity contribution in [1.82, 2.24) is 0 Å². The van der Waals surface area contributed by atoms with E-state index in [-0.39, 0.29) is 0 Å². The summed E-state index contributed by atoms with van der Waals surface area (Å²) in [5, 5.41) is 0. The maximum absolute atomic E-state index is 2.50. The van der Waals surface area contributed by atoms with Gasteiger partial charge in [0.1, 0.15) is 0 Å². The predicted octanol–water partition coefficient (Wildman–Crippen LogP) is 4.25. The highest BCUT2D eigenvalue weighted by Gasteiger charge is 2.37. The van der Waals surface area contributed by atoms with Crippen molar-refractivity contribution < 1.29 is 0 Å². The van der Waals surface area contributed by atoms with E-state index in [1.807, 2.05) is 0 Å². The van der Waals surface area contributed by atoms with Crippen LogP contribution >= 0.6 is 0 Å². The average Bonchev–Trinajstić information content (AvgIpc) is 2.17. The Kier molecular flexibility index (Phi) is 2.96. The van der Waals surface area contributed by atoms with Crippen LogP contribution in [0.2, 0.25) is 0 Å². The molecule has 13 heavy (non-hydrogen) atoms. The molecule has 0 aliphatic heterocycles. The minimum atomic E-state index is 1.03. The largest absolute Gasteiger partial charge is 0.0651 e. The van der Waals surface area contributed by atoms with Crippen LogP contribution in [0.3, 0.4) is 0 Å². The van der Waals surface area contributed by atoms with E-state index in [9.17, 15) is 0 Å². The number of hydrogen-bond acceptors (Lipinski definition) is 0. The Hall–Kier alpha value is 0. The molecule has 2 aliphatic rings. The fourth-order valence-electron chi connectivity index (χ4n) is 4.05. The van der Waals surface area contributed by atoms with E-state index < -0.39 is 0 Å². The first-order valence-electron chi connectivity index (χ1n) is 6.33. The zero-order chi connectivity index (χ0) is 9.26. The van der Waals surface area contributed by atoms with Gasteiger partial charge in [-0.1, -0.05) is 58.8 Å². The second-order valence-corrected chi connectivity index (χ2v) is 5.34. The summed E-state index contributed by atoms with van der Waals surface area (Å²) < 4.78 is 0. The summed E-state index contributed by atoms with van der Waals surface area (Å²) >= 11 is 0. The molecule has 0 nitrogen and oxygen atoms in total. The van der Waals surface area contributed by atoms with E-state index in [0.29, 0.717) is 0 Å². The Labute approximate surface area is 83.1 Å². The van der Waals surface area contributed by atoms with Gasteiger partial charge in [-0.3, -0.25) is 0 Å². The number of fused-ring (bicyclic) bond motifs is 1. The molecule has 0 heterocycles. The zero-order valence-electron chi connectivity index (χ0n) is 9.26. The van der Waals surface area contributed by atoms with Gasteiger partial charge in [0.05, 0.1) is 0 Å². The average molecular weight is 180 g/mol. The first kappa shape index (κ1) is 9.55. The summed E-state index contributed by atoms with van der Waals surface area (Å²) in [6.45, 7) is 4.90. The number of rotatable bonds is 1. The fraction of sp³-hybridized carbons (Fsp3) is 1.00. The molecule has 0 amide bonds. The van der Waals surface area contributed by atoms with Crippen molar-refractivity contribution in [2.24, 2.45) is 23.7 Å². The maximum atomic E-state index is 2.50. The van der Waals surface area contributed by atoms with Crippen LogP contribution in [0.1, 0.15) is 58.8 Å². The molecule has 0 heteroatoms. The van der Waals surface area contributed by atoms with Crippen molar-refractivity contribution in [2.45, 2.75) is 58.8 Å². The lowest BCUT2D eigenvalue weighted by Gasteiger charge is -2.45. The van der Waals surface area contributed by atoms with Gasteiger partial charge in [-0.2, -0.15) is 0 Å². The molecule has 0 saturated heterocycles. The molecule has 0 radical (unpaired) electrons. The van der Waals surface area contributed by atoms with Gasteiger partial charge in [-0.15, -0.1) is 0 Å². The van der Waals surface area contributed by atoms with E-state index in [1.54, 1.807) is 12.8 Å². The Morgan fingerprint density at radius 3 is 2.38 bits per heavy atom. The van der Waals surface area contributed by atoms with Crippen molar-refractivity contribution in [3.63, 3.8) is 0 Å². The second-order valence-electron chi connectivity index (χ2n) is 5.34. The van der Waals surface area contributed by atoms with E-state index in [4.69, 9.17) is 0 Å². The summed E-state index contributed by atoms with van der Waals surface area (Å²) in [5.41, 5.74) is 0. The molecule has 2 fully saturated rings. The Morgan fingerprint density at radius 2 is 1.69 bits per heavy atom. The van der Waals surface area contributed by atoms with Crippen LogP contribution in [0.5, 0.6) is 0 Å². The van der Waals surface area contributed by atoms with E-state index in [2.05, 4.69) is 13.8 Å². The molecule has 0 bridgehead atoms. The predicted molar refractivity (Wildman–Crippen MR) is 57.6 cm³/mol. The lowest BCUT2D eigenvalue weighted by atomic mass is 9.61. The third-order valence-corrected chi connectivity index (χ3v) is 4.65. The molecule has 2 saturated carbocycles. The van der Waals surface area contributed by atoms with Crippen LogP contribution in [0.4, 0.5) is 0 Å².